The van der Waals surface area contributed by atoms with E-state index in [2.05, 4.69) is 22.5 Å². The average molecular weight is 456 g/mol. The molecular weight excluding hydrogens is 426 g/mol. The molecule has 34 heavy (non-hydrogen) atoms. The molecular formula is C27H29N5O2. The predicted molar refractivity (Wildman–Crippen MR) is 132 cm³/mol. The van der Waals surface area contributed by atoms with Gasteiger partial charge in [-0.05, 0) is 54.8 Å². The van der Waals surface area contributed by atoms with Crippen LogP contribution in [0, 0.1) is 0 Å². The van der Waals surface area contributed by atoms with Crippen LogP contribution in [0.2, 0.25) is 0 Å². The van der Waals surface area contributed by atoms with E-state index in [0.717, 1.165) is 11.3 Å². The number of aryl methyl sites for hydroxylation is 1. The number of hydrogen-bond acceptors (Lipinski definition) is 3. The van der Waals surface area contributed by atoms with Gasteiger partial charge in [-0.1, -0.05) is 36.4 Å². The minimum Gasteiger partial charge on any atom is -0.351 e. The van der Waals surface area contributed by atoms with Gasteiger partial charge in [-0.15, -0.1) is 0 Å². The third-order valence-corrected chi connectivity index (χ3v) is 5.98. The molecule has 0 saturated heterocycles. The Kier molecular flexibility index (Phi) is 7.22. The van der Waals surface area contributed by atoms with Crippen molar-refractivity contribution in [1.29, 1.82) is 0 Å². The van der Waals surface area contributed by atoms with Crippen LogP contribution in [-0.4, -0.2) is 50.7 Å². The molecule has 0 aliphatic heterocycles. The maximum atomic E-state index is 13.4. The third-order valence-electron chi connectivity index (χ3n) is 5.98. The molecule has 1 atom stereocenters. The fourth-order valence-corrected chi connectivity index (χ4v) is 4.03. The molecule has 1 N–H and O–H groups in total. The number of amides is 2. The lowest BCUT2D eigenvalue weighted by atomic mass is 10.0. The molecule has 0 aliphatic rings. The monoisotopic (exact) mass is 455 g/mol. The van der Waals surface area contributed by atoms with Crippen LogP contribution < -0.4 is 5.32 Å². The average Bonchev–Trinajstić information content (AvgIpc) is 3.55. The molecule has 0 saturated carbocycles. The van der Waals surface area contributed by atoms with Crippen LogP contribution in [0.1, 0.15) is 32.8 Å². The largest absolute Gasteiger partial charge is 0.351 e. The van der Waals surface area contributed by atoms with E-state index < -0.39 is 0 Å². The highest BCUT2D eigenvalue weighted by molar-refractivity contribution is 5.95. The second kappa shape index (κ2) is 10.7. The molecule has 7 nitrogen and oxygen atoms in total. The lowest BCUT2D eigenvalue weighted by molar-refractivity contribution is 0.0722. The summed E-state index contributed by atoms with van der Waals surface area (Å²) in [6, 6.07) is 23.0. The highest BCUT2D eigenvalue weighted by atomic mass is 16.2. The Labute approximate surface area is 199 Å². The summed E-state index contributed by atoms with van der Waals surface area (Å²) in [6.45, 7) is 0.465. The summed E-state index contributed by atoms with van der Waals surface area (Å²) in [5, 5.41) is 7.25. The number of rotatable bonds is 9. The van der Waals surface area contributed by atoms with Crippen molar-refractivity contribution in [3.05, 3.63) is 108 Å². The van der Waals surface area contributed by atoms with Crippen molar-refractivity contribution >= 4 is 11.8 Å². The smallest absolute Gasteiger partial charge is 0.267 e. The second-order valence-corrected chi connectivity index (χ2v) is 8.31. The van der Waals surface area contributed by atoms with E-state index in [1.54, 1.807) is 26.4 Å². The summed E-state index contributed by atoms with van der Waals surface area (Å²) in [5.41, 5.74) is 3.19. The van der Waals surface area contributed by atoms with Crippen molar-refractivity contribution in [2.45, 2.75) is 18.9 Å². The van der Waals surface area contributed by atoms with Crippen molar-refractivity contribution in [3.8, 4) is 5.69 Å². The van der Waals surface area contributed by atoms with E-state index in [1.165, 1.54) is 0 Å². The van der Waals surface area contributed by atoms with E-state index in [4.69, 9.17) is 0 Å². The Bertz CT molecular complexity index is 1230. The summed E-state index contributed by atoms with van der Waals surface area (Å²) in [4.78, 5) is 27.7. The number of nitrogens with zero attached hydrogens (tertiary/aromatic N) is 4. The molecule has 2 aromatic heterocycles. The fraction of sp³-hybridized carbons (Fsp3) is 0.222. The Morgan fingerprint density at radius 3 is 2.53 bits per heavy atom. The van der Waals surface area contributed by atoms with Crippen molar-refractivity contribution < 1.29 is 9.59 Å². The van der Waals surface area contributed by atoms with Gasteiger partial charge in [-0.2, -0.15) is 5.10 Å². The predicted octanol–water partition coefficient (Wildman–Crippen LogP) is 3.71. The van der Waals surface area contributed by atoms with Crippen molar-refractivity contribution in [2.75, 3.05) is 13.6 Å². The molecule has 2 amide bonds. The standard InChI is InChI=1S/C27H29N5O2/c1-30-17-7-13-25(30)26(33)28-16-14-23(19-21-9-4-3-5-10-21)31(2)27(34)22-11-6-12-24(20-22)32-18-8-15-29-32/h3-13,15,17-18,20,23H,14,16,19H2,1-2H3,(H,28,33). The molecule has 0 fully saturated rings. The molecule has 7 heteroatoms. The maximum absolute atomic E-state index is 13.4. The summed E-state index contributed by atoms with van der Waals surface area (Å²) >= 11 is 0. The molecule has 4 aromatic rings. The molecule has 0 bridgehead atoms. The third kappa shape index (κ3) is 5.43. The van der Waals surface area contributed by atoms with Gasteiger partial charge in [0, 0.05) is 50.8 Å². The summed E-state index contributed by atoms with van der Waals surface area (Å²) in [7, 11) is 3.67. The molecule has 0 radical (unpaired) electrons. The molecule has 174 valence electrons. The lowest BCUT2D eigenvalue weighted by Gasteiger charge is -2.29. The highest BCUT2D eigenvalue weighted by Gasteiger charge is 2.22. The molecule has 1 unspecified atom stereocenters. The molecule has 2 heterocycles. The van der Waals surface area contributed by atoms with Gasteiger partial charge < -0.3 is 14.8 Å². The minimum atomic E-state index is -0.119. The summed E-state index contributed by atoms with van der Waals surface area (Å²) in [6.07, 6.45) is 6.73. The van der Waals surface area contributed by atoms with E-state index in [9.17, 15) is 9.59 Å². The van der Waals surface area contributed by atoms with E-state index >= 15 is 0 Å². The summed E-state index contributed by atoms with van der Waals surface area (Å²) in [5.74, 6) is -0.185. The Hall–Kier alpha value is -4.13. The number of carbonyl (C=O) groups is 2. The fourth-order valence-electron chi connectivity index (χ4n) is 4.03. The van der Waals surface area contributed by atoms with Crippen molar-refractivity contribution in [3.63, 3.8) is 0 Å². The quantitative estimate of drug-likeness (QED) is 0.418. The number of aromatic nitrogens is 3. The Morgan fingerprint density at radius 1 is 1.00 bits per heavy atom. The van der Waals surface area contributed by atoms with Gasteiger partial charge in [0.1, 0.15) is 5.69 Å². The van der Waals surface area contributed by atoms with Crippen LogP contribution in [0.4, 0.5) is 0 Å². The first-order chi connectivity index (χ1) is 16.5. The molecule has 0 aliphatic carbocycles. The molecule has 4 rings (SSSR count). The Balaban J connectivity index is 1.48. The number of carbonyl (C=O) groups excluding carboxylic acids is 2. The first kappa shape index (κ1) is 23.0. The topological polar surface area (TPSA) is 72.2 Å². The lowest BCUT2D eigenvalue weighted by Crippen LogP contribution is -2.41. The van der Waals surface area contributed by atoms with E-state index in [0.29, 0.717) is 30.6 Å². The normalized spacial score (nSPS) is 11.7. The van der Waals surface area contributed by atoms with Gasteiger partial charge in [-0.3, -0.25) is 9.59 Å². The number of benzene rings is 2. The second-order valence-electron chi connectivity index (χ2n) is 8.31. The summed E-state index contributed by atoms with van der Waals surface area (Å²) < 4.78 is 3.52. The van der Waals surface area contributed by atoms with Crippen LogP contribution in [0.25, 0.3) is 5.69 Å². The molecule has 2 aromatic carbocycles. The van der Waals surface area contributed by atoms with Gasteiger partial charge in [0.2, 0.25) is 0 Å². The zero-order valence-corrected chi connectivity index (χ0v) is 19.5. The number of likely N-dealkylation sites (N-methyl/N-ethyl adjacent to an activating group) is 1. The van der Waals surface area contributed by atoms with Crippen molar-refractivity contribution in [2.24, 2.45) is 7.05 Å². The first-order valence-corrected chi connectivity index (χ1v) is 11.3. The van der Waals surface area contributed by atoms with Crippen LogP contribution in [0.15, 0.2) is 91.4 Å². The number of nitrogens with one attached hydrogen (secondary N) is 1. The van der Waals surface area contributed by atoms with E-state index in [-0.39, 0.29) is 17.9 Å². The molecule has 0 spiro atoms. The van der Waals surface area contributed by atoms with Crippen molar-refractivity contribution in [1.82, 2.24) is 24.6 Å². The SMILES string of the molecule is CN(C(=O)c1cccc(-n2cccn2)c1)C(CCNC(=O)c1cccn1C)Cc1ccccc1. The maximum Gasteiger partial charge on any atom is 0.267 e. The van der Waals surface area contributed by atoms with E-state index in [1.807, 2.05) is 81.1 Å². The number of hydrogen-bond donors (Lipinski definition) is 1. The minimum absolute atomic E-state index is 0.0660. The van der Waals surface area contributed by atoms with Gasteiger partial charge >= 0.3 is 0 Å². The van der Waals surface area contributed by atoms with Crippen LogP contribution in [-0.2, 0) is 13.5 Å². The van der Waals surface area contributed by atoms with Gasteiger partial charge in [0.05, 0.1) is 5.69 Å². The van der Waals surface area contributed by atoms with Gasteiger partial charge in [-0.25, -0.2) is 4.68 Å². The van der Waals surface area contributed by atoms with Crippen LogP contribution >= 0.6 is 0 Å². The zero-order chi connectivity index (χ0) is 23.9. The highest BCUT2D eigenvalue weighted by Crippen LogP contribution is 2.17. The van der Waals surface area contributed by atoms with Gasteiger partial charge in [0.25, 0.3) is 11.8 Å². The van der Waals surface area contributed by atoms with Crippen LogP contribution in [0.5, 0.6) is 0 Å². The van der Waals surface area contributed by atoms with Gasteiger partial charge in [0.15, 0.2) is 0 Å². The first-order valence-electron chi connectivity index (χ1n) is 11.3. The Morgan fingerprint density at radius 2 is 1.82 bits per heavy atom. The zero-order valence-electron chi connectivity index (χ0n) is 19.5. The van der Waals surface area contributed by atoms with Crippen LogP contribution in [0.3, 0.4) is 0 Å².